The molecular weight excluding hydrogens is 294 g/mol. The van der Waals surface area contributed by atoms with E-state index in [-0.39, 0.29) is 11.9 Å². The van der Waals surface area contributed by atoms with Crippen LogP contribution in [0.5, 0.6) is 0 Å². The molecule has 1 atom stereocenters. The van der Waals surface area contributed by atoms with Crippen molar-refractivity contribution in [1.82, 2.24) is 10.3 Å². The number of fused-ring (bicyclic) bond motifs is 1. The maximum atomic E-state index is 12.7. The van der Waals surface area contributed by atoms with Crippen LogP contribution in [-0.2, 0) is 11.2 Å². The van der Waals surface area contributed by atoms with Crippen molar-refractivity contribution in [3.63, 3.8) is 0 Å². The minimum atomic E-state index is -0.405. The summed E-state index contributed by atoms with van der Waals surface area (Å²) in [4.78, 5) is 17.4. The van der Waals surface area contributed by atoms with Crippen molar-refractivity contribution in [2.75, 3.05) is 6.54 Å². The highest BCUT2D eigenvalue weighted by Crippen LogP contribution is 2.34. The molecule has 2 rings (SSSR count). The number of thiazole rings is 1. The van der Waals surface area contributed by atoms with E-state index in [1.54, 1.807) is 11.3 Å². The van der Waals surface area contributed by atoms with Crippen LogP contribution in [0.4, 0.5) is 0 Å². The molecule has 0 aliphatic rings. The summed E-state index contributed by atoms with van der Waals surface area (Å²) in [6, 6.07) is 8.11. The standard InChI is InChI=1S/C17H25N3OS/c1-4-17(5-2,16(21)19-12(3)11-18)10-15-20-13-8-6-7-9-14(13)22-15/h6-9,12H,4-5,10-11,18H2,1-3H3,(H,19,21)/t12-/m0/s1. The lowest BCUT2D eigenvalue weighted by atomic mass is 9.78. The molecule has 0 aliphatic carbocycles. The first kappa shape index (κ1) is 16.9. The zero-order valence-corrected chi connectivity index (χ0v) is 14.4. The molecule has 0 unspecified atom stereocenters. The van der Waals surface area contributed by atoms with E-state index >= 15 is 0 Å². The lowest BCUT2D eigenvalue weighted by molar-refractivity contribution is -0.132. The summed E-state index contributed by atoms with van der Waals surface area (Å²) >= 11 is 1.68. The summed E-state index contributed by atoms with van der Waals surface area (Å²) in [5, 5.41) is 4.07. The van der Waals surface area contributed by atoms with Gasteiger partial charge in [-0.05, 0) is 31.9 Å². The lowest BCUT2D eigenvalue weighted by Crippen LogP contribution is -2.47. The predicted molar refractivity (Wildman–Crippen MR) is 93.0 cm³/mol. The molecule has 0 fully saturated rings. The van der Waals surface area contributed by atoms with Crippen LogP contribution in [0.15, 0.2) is 24.3 Å². The van der Waals surface area contributed by atoms with Crippen molar-refractivity contribution < 1.29 is 4.79 Å². The van der Waals surface area contributed by atoms with Crippen LogP contribution in [0.25, 0.3) is 10.2 Å². The number of carbonyl (C=O) groups excluding carboxylic acids is 1. The van der Waals surface area contributed by atoms with Gasteiger partial charge in [-0.15, -0.1) is 11.3 Å². The van der Waals surface area contributed by atoms with Gasteiger partial charge in [-0.2, -0.15) is 0 Å². The van der Waals surface area contributed by atoms with Crippen LogP contribution in [-0.4, -0.2) is 23.5 Å². The molecule has 3 N–H and O–H groups in total. The third kappa shape index (κ3) is 3.47. The number of nitrogens with two attached hydrogens (primary N) is 1. The molecule has 5 heteroatoms. The zero-order chi connectivity index (χ0) is 16.2. The molecule has 0 radical (unpaired) electrons. The van der Waals surface area contributed by atoms with Crippen LogP contribution in [0.1, 0.15) is 38.6 Å². The molecule has 120 valence electrons. The Morgan fingerprint density at radius 3 is 2.64 bits per heavy atom. The number of nitrogens with zero attached hydrogens (tertiary/aromatic N) is 1. The number of nitrogens with one attached hydrogen (secondary N) is 1. The fourth-order valence-corrected chi connectivity index (χ4v) is 3.73. The number of benzene rings is 1. The van der Waals surface area contributed by atoms with E-state index in [2.05, 4.69) is 30.2 Å². The number of hydrogen-bond donors (Lipinski definition) is 2. The summed E-state index contributed by atoms with van der Waals surface area (Å²) in [5.74, 6) is 0.0923. The van der Waals surface area contributed by atoms with Crippen LogP contribution in [0.3, 0.4) is 0 Å². The highest BCUT2D eigenvalue weighted by Gasteiger charge is 2.36. The maximum absolute atomic E-state index is 12.7. The van der Waals surface area contributed by atoms with E-state index in [1.165, 1.54) is 4.70 Å². The number of hydrogen-bond acceptors (Lipinski definition) is 4. The predicted octanol–water partition coefficient (Wildman–Crippen LogP) is 3.11. The van der Waals surface area contributed by atoms with E-state index in [9.17, 15) is 4.79 Å². The Hall–Kier alpha value is -1.46. The average molecular weight is 319 g/mol. The molecule has 1 aromatic heterocycles. The number of para-hydroxylation sites is 1. The second kappa shape index (κ2) is 7.20. The summed E-state index contributed by atoms with van der Waals surface area (Å²) < 4.78 is 1.18. The Balaban J connectivity index is 2.25. The van der Waals surface area contributed by atoms with Crippen LogP contribution >= 0.6 is 11.3 Å². The molecule has 1 heterocycles. The quantitative estimate of drug-likeness (QED) is 0.824. The van der Waals surface area contributed by atoms with Gasteiger partial charge in [0, 0.05) is 19.0 Å². The summed E-state index contributed by atoms with van der Waals surface area (Å²) in [6.07, 6.45) is 2.27. The Kier molecular flexibility index (Phi) is 5.53. The van der Waals surface area contributed by atoms with Crippen LogP contribution < -0.4 is 11.1 Å². The fraction of sp³-hybridized carbons (Fsp3) is 0.529. The highest BCUT2D eigenvalue weighted by atomic mass is 32.1. The number of carbonyl (C=O) groups is 1. The molecule has 0 aliphatic heterocycles. The van der Waals surface area contributed by atoms with E-state index in [4.69, 9.17) is 5.73 Å². The van der Waals surface area contributed by atoms with E-state index in [0.717, 1.165) is 23.4 Å². The van der Waals surface area contributed by atoms with Crippen LogP contribution in [0, 0.1) is 5.41 Å². The van der Waals surface area contributed by atoms with Crippen molar-refractivity contribution in [3.05, 3.63) is 29.3 Å². The first-order valence-corrected chi connectivity index (χ1v) is 8.71. The van der Waals surface area contributed by atoms with Crippen molar-refractivity contribution in [3.8, 4) is 0 Å². The van der Waals surface area contributed by atoms with Gasteiger partial charge in [0.05, 0.1) is 20.6 Å². The number of amides is 1. The molecule has 0 bridgehead atoms. The molecule has 22 heavy (non-hydrogen) atoms. The summed E-state index contributed by atoms with van der Waals surface area (Å²) in [7, 11) is 0. The third-order valence-corrected chi connectivity index (χ3v) is 5.43. The van der Waals surface area contributed by atoms with Gasteiger partial charge >= 0.3 is 0 Å². The molecule has 1 amide bonds. The topological polar surface area (TPSA) is 68.0 Å². The van der Waals surface area contributed by atoms with Crippen molar-refractivity contribution in [2.45, 2.75) is 46.1 Å². The first-order valence-electron chi connectivity index (χ1n) is 7.90. The van der Waals surface area contributed by atoms with Gasteiger partial charge in [-0.3, -0.25) is 4.79 Å². The van der Waals surface area contributed by atoms with Crippen LogP contribution in [0.2, 0.25) is 0 Å². The lowest BCUT2D eigenvalue weighted by Gasteiger charge is -2.30. The Labute approximate surface area is 136 Å². The van der Waals surface area contributed by atoms with Gasteiger partial charge in [0.25, 0.3) is 0 Å². The number of aromatic nitrogens is 1. The minimum absolute atomic E-state index is 0.000317. The molecular formula is C17H25N3OS. The van der Waals surface area contributed by atoms with Gasteiger partial charge in [0.15, 0.2) is 0 Å². The third-order valence-electron chi connectivity index (χ3n) is 4.39. The molecule has 2 aromatic rings. The van der Waals surface area contributed by atoms with Gasteiger partial charge in [0.1, 0.15) is 0 Å². The van der Waals surface area contributed by atoms with E-state index in [0.29, 0.717) is 13.0 Å². The largest absolute Gasteiger partial charge is 0.352 e. The second-order valence-corrected chi connectivity index (χ2v) is 6.96. The normalized spacial score (nSPS) is 13.3. The van der Waals surface area contributed by atoms with Gasteiger partial charge in [-0.1, -0.05) is 26.0 Å². The molecule has 0 saturated carbocycles. The molecule has 0 saturated heterocycles. The molecule has 4 nitrogen and oxygen atoms in total. The van der Waals surface area contributed by atoms with Gasteiger partial charge in [0.2, 0.25) is 5.91 Å². The summed E-state index contributed by atoms with van der Waals surface area (Å²) in [5.41, 5.74) is 6.23. The minimum Gasteiger partial charge on any atom is -0.352 e. The average Bonchev–Trinajstić information content (AvgIpc) is 2.94. The molecule has 0 spiro atoms. The smallest absolute Gasteiger partial charge is 0.226 e. The number of rotatable bonds is 7. The van der Waals surface area contributed by atoms with Crippen molar-refractivity contribution in [2.24, 2.45) is 11.1 Å². The summed E-state index contributed by atoms with van der Waals surface area (Å²) in [6.45, 7) is 6.54. The second-order valence-electron chi connectivity index (χ2n) is 5.85. The van der Waals surface area contributed by atoms with E-state index < -0.39 is 5.41 Å². The highest BCUT2D eigenvalue weighted by molar-refractivity contribution is 7.18. The van der Waals surface area contributed by atoms with Crippen molar-refractivity contribution in [1.29, 1.82) is 0 Å². The Morgan fingerprint density at radius 2 is 2.05 bits per heavy atom. The molecule has 1 aromatic carbocycles. The van der Waals surface area contributed by atoms with E-state index in [1.807, 2.05) is 25.1 Å². The maximum Gasteiger partial charge on any atom is 0.226 e. The van der Waals surface area contributed by atoms with Gasteiger partial charge in [-0.25, -0.2) is 4.98 Å². The van der Waals surface area contributed by atoms with Crippen molar-refractivity contribution >= 4 is 27.5 Å². The zero-order valence-electron chi connectivity index (χ0n) is 13.6. The first-order chi connectivity index (χ1) is 10.5. The fourth-order valence-electron chi connectivity index (χ4n) is 2.62. The SMILES string of the molecule is CCC(CC)(Cc1nc2ccccc2s1)C(=O)N[C@@H](C)CN. The Bertz CT molecular complexity index is 601. The monoisotopic (exact) mass is 319 g/mol. The Morgan fingerprint density at radius 1 is 1.36 bits per heavy atom. The van der Waals surface area contributed by atoms with Gasteiger partial charge < -0.3 is 11.1 Å².